The van der Waals surface area contributed by atoms with E-state index in [0.29, 0.717) is 5.69 Å². The predicted octanol–water partition coefficient (Wildman–Crippen LogP) is 7.61. The zero-order chi connectivity index (χ0) is 26.0. The molecule has 5 aromatic rings. The predicted molar refractivity (Wildman–Crippen MR) is 152 cm³/mol. The van der Waals surface area contributed by atoms with Crippen LogP contribution in [0.4, 0.5) is 0 Å². The number of carbonyl (C=O) groups excluding carboxylic acids is 1. The number of hydrogen-bond acceptors (Lipinski definition) is 1. The van der Waals surface area contributed by atoms with E-state index < -0.39 is 0 Å². The minimum absolute atomic E-state index is 0. The fourth-order valence-corrected chi connectivity index (χ4v) is 4.47. The molecule has 194 valence electrons. The molecule has 0 bridgehead atoms. The van der Waals surface area contributed by atoms with Gasteiger partial charge in [0.05, 0.1) is 11.9 Å². The number of aryl methyl sites for hydroxylation is 1. The molecule has 0 spiro atoms. The van der Waals surface area contributed by atoms with Crippen LogP contribution in [0.2, 0.25) is 0 Å². The molecule has 0 N–H and O–H groups in total. The number of unbranched alkanes of at least 4 members (excludes halogenated alkanes) is 3. The first kappa shape index (κ1) is 29.0. The molecule has 0 aliphatic carbocycles. The van der Waals surface area contributed by atoms with Gasteiger partial charge in [0.25, 0.3) is 0 Å². The summed E-state index contributed by atoms with van der Waals surface area (Å²) in [5, 5.41) is 2.42. The smallest absolute Gasteiger partial charge is 0.661 e. The Balaban J connectivity index is 0.000000205. The molecular formula is C34H34IrN2O+. The molecule has 0 unspecified atom stereocenters. The maximum atomic E-state index is 12.1. The average molecular weight is 679 g/mol. The molecule has 0 radical (unpaired) electrons. The van der Waals surface area contributed by atoms with Crippen molar-refractivity contribution in [3.05, 3.63) is 140 Å². The van der Waals surface area contributed by atoms with Gasteiger partial charge in [-0.15, -0.1) is 17.7 Å². The van der Waals surface area contributed by atoms with Crippen molar-refractivity contribution in [2.45, 2.75) is 39.0 Å². The minimum atomic E-state index is 0. The van der Waals surface area contributed by atoms with Gasteiger partial charge in [-0.3, -0.25) is 4.79 Å². The molecule has 38 heavy (non-hydrogen) atoms. The van der Waals surface area contributed by atoms with Gasteiger partial charge in [-0.25, -0.2) is 0 Å². The molecule has 0 aliphatic rings. The summed E-state index contributed by atoms with van der Waals surface area (Å²) >= 11 is 0. The second kappa shape index (κ2) is 14.4. The molecule has 0 atom stereocenters. The van der Waals surface area contributed by atoms with Crippen LogP contribution in [0.3, 0.4) is 0 Å². The Bertz CT molecular complexity index is 1440. The summed E-state index contributed by atoms with van der Waals surface area (Å²) in [6.07, 6.45) is 9.82. The van der Waals surface area contributed by atoms with E-state index in [1.165, 1.54) is 42.0 Å². The maximum Gasteiger partial charge on any atom is 3.00 e. The van der Waals surface area contributed by atoms with Crippen molar-refractivity contribution < 1.29 is 29.5 Å². The quantitative estimate of drug-likeness (QED) is 0.0733. The number of ketones is 1. The van der Waals surface area contributed by atoms with E-state index in [1.807, 2.05) is 41.1 Å². The normalized spacial score (nSPS) is 10.3. The van der Waals surface area contributed by atoms with Crippen LogP contribution in [0.1, 0.15) is 59.8 Å². The Kier molecular flexibility index (Phi) is 11.0. The van der Waals surface area contributed by atoms with Gasteiger partial charge in [0.1, 0.15) is 0 Å². The third-order valence-electron chi connectivity index (χ3n) is 6.53. The van der Waals surface area contributed by atoms with Gasteiger partial charge in [-0.05, 0) is 35.2 Å². The first-order valence-corrected chi connectivity index (χ1v) is 13.0. The number of rotatable bonds is 8. The van der Waals surface area contributed by atoms with E-state index in [0.717, 1.165) is 28.8 Å². The Morgan fingerprint density at radius 2 is 1.58 bits per heavy atom. The van der Waals surface area contributed by atoms with Gasteiger partial charge in [-0.1, -0.05) is 98.6 Å². The Labute approximate surface area is 240 Å². The van der Waals surface area contributed by atoms with Gasteiger partial charge in [0.15, 0.2) is 5.78 Å². The number of benzene rings is 3. The van der Waals surface area contributed by atoms with Gasteiger partial charge in [0, 0.05) is 12.6 Å². The number of pyridine rings is 1. The minimum Gasteiger partial charge on any atom is -0.661 e. The molecule has 5 rings (SSSR count). The first-order valence-electron chi connectivity index (χ1n) is 13.0. The standard InChI is InChI=1S/C17H21NO.C17H14N.Ir/c1-2-3-4-5-7-14-9-11-15(12-10-14)17(19)16-8-6-13-18-16;1-13-7-3-5-9-15(13)17-16-10-6-4-8-14(16)11-12-18(17)2;/h6,8-13H,2-5,7H2,1H3,(H,18,19);3-12H,1-2H2;/q;-1;+3/p-1. The van der Waals surface area contributed by atoms with Crippen molar-refractivity contribution in [3.63, 3.8) is 0 Å². The van der Waals surface area contributed by atoms with Crippen LogP contribution >= 0.6 is 0 Å². The molecule has 3 nitrogen and oxygen atoms in total. The van der Waals surface area contributed by atoms with Crippen molar-refractivity contribution in [2.24, 2.45) is 0 Å². The van der Waals surface area contributed by atoms with Crippen LogP contribution in [0.15, 0.2) is 103 Å². The van der Waals surface area contributed by atoms with Gasteiger partial charge >= 0.3 is 20.1 Å². The molecule has 2 heterocycles. The molecule has 3 aromatic carbocycles. The van der Waals surface area contributed by atoms with Crippen molar-refractivity contribution in [1.82, 2.24) is 4.98 Å². The Hall–Kier alpha value is -3.59. The van der Waals surface area contributed by atoms with Crippen LogP contribution in [-0.2, 0) is 26.5 Å². The van der Waals surface area contributed by atoms with Gasteiger partial charge < -0.3 is 9.55 Å². The fourth-order valence-electron chi connectivity index (χ4n) is 4.47. The summed E-state index contributed by atoms with van der Waals surface area (Å²) in [4.78, 5) is 16.1. The number of carbonyl (C=O) groups is 1. The largest absolute Gasteiger partial charge is 3.00 e. The average Bonchev–Trinajstić information content (AvgIpc) is 3.47. The molecule has 0 fully saturated rings. The zero-order valence-corrected chi connectivity index (χ0v) is 24.3. The van der Waals surface area contributed by atoms with Crippen LogP contribution in [0.25, 0.3) is 22.0 Å². The topological polar surface area (TPSA) is 35.1 Å². The number of hydrogen-bond donors (Lipinski definition) is 0. The summed E-state index contributed by atoms with van der Waals surface area (Å²) in [6, 6.07) is 30.0. The molecule has 4 heteroatoms. The monoisotopic (exact) mass is 679 g/mol. The Morgan fingerprint density at radius 3 is 2.29 bits per heavy atom. The van der Waals surface area contributed by atoms with E-state index in [9.17, 15) is 4.79 Å². The molecular weight excluding hydrogens is 645 g/mol. The van der Waals surface area contributed by atoms with E-state index in [-0.39, 0.29) is 25.9 Å². The summed E-state index contributed by atoms with van der Waals surface area (Å²) in [5.41, 5.74) is 5.81. The maximum absolute atomic E-state index is 12.1. The van der Waals surface area contributed by atoms with Crippen LogP contribution in [0.5, 0.6) is 0 Å². The van der Waals surface area contributed by atoms with E-state index in [4.69, 9.17) is 0 Å². The third kappa shape index (κ3) is 7.25. The van der Waals surface area contributed by atoms with Crippen LogP contribution in [-0.4, -0.2) is 5.78 Å². The number of nitrogens with zero attached hydrogens (tertiary/aromatic N) is 2. The molecule has 0 saturated carbocycles. The van der Waals surface area contributed by atoms with Gasteiger partial charge in [-0.2, -0.15) is 24.8 Å². The van der Waals surface area contributed by atoms with E-state index in [1.54, 1.807) is 18.3 Å². The fraction of sp³-hybridized carbons (Fsp3) is 0.176. The second-order valence-electron chi connectivity index (χ2n) is 9.24. The first-order chi connectivity index (χ1) is 18.1. The number of aromatic nitrogens is 2. The van der Waals surface area contributed by atoms with Crippen molar-refractivity contribution in [1.29, 1.82) is 0 Å². The SMILES string of the molecule is CCCCCCc1ccc(C(=O)c2ccc[n-]2)cc1.[CH2-]c1ccccc1-c1c2ccccc2cc[n+]1[CH2-].[Ir+3]. The third-order valence-corrected chi connectivity index (χ3v) is 6.53. The molecule has 0 aliphatic heterocycles. The van der Waals surface area contributed by atoms with Crippen molar-refractivity contribution in [3.8, 4) is 11.3 Å². The zero-order valence-electron chi connectivity index (χ0n) is 21.9. The van der Waals surface area contributed by atoms with Crippen molar-refractivity contribution >= 4 is 16.6 Å². The summed E-state index contributed by atoms with van der Waals surface area (Å²) in [6.45, 7) is 6.32. The van der Waals surface area contributed by atoms with E-state index in [2.05, 4.69) is 74.4 Å². The molecule has 0 amide bonds. The molecule has 0 saturated heterocycles. The summed E-state index contributed by atoms with van der Waals surface area (Å²) in [7, 11) is 4.08. The van der Waals surface area contributed by atoms with Crippen molar-refractivity contribution in [2.75, 3.05) is 0 Å². The second-order valence-corrected chi connectivity index (χ2v) is 9.24. The Morgan fingerprint density at radius 1 is 0.842 bits per heavy atom. The van der Waals surface area contributed by atoms with E-state index >= 15 is 0 Å². The summed E-state index contributed by atoms with van der Waals surface area (Å²) in [5.74, 6) is 0.00235. The molecule has 2 aromatic heterocycles. The number of fused-ring (bicyclic) bond motifs is 1. The van der Waals surface area contributed by atoms with Crippen LogP contribution in [0, 0.1) is 14.0 Å². The summed E-state index contributed by atoms with van der Waals surface area (Å²) < 4.78 is 1.91. The van der Waals surface area contributed by atoms with Crippen LogP contribution < -0.4 is 9.55 Å². The van der Waals surface area contributed by atoms with Gasteiger partial charge in [0.2, 0.25) is 0 Å².